The maximum Gasteiger partial charge on any atom is 0.321 e. The Hall–Kier alpha value is -3.99. The van der Waals surface area contributed by atoms with Gasteiger partial charge in [-0.2, -0.15) is 0 Å². The number of aryl methyl sites for hydroxylation is 1. The molecule has 2 aliphatic rings. The summed E-state index contributed by atoms with van der Waals surface area (Å²) in [5, 5.41) is 27.2. The van der Waals surface area contributed by atoms with Gasteiger partial charge in [0.2, 0.25) is 0 Å². The third-order valence-electron chi connectivity index (χ3n) is 7.18. The van der Waals surface area contributed by atoms with Crippen molar-refractivity contribution >= 4 is 34.8 Å². The van der Waals surface area contributed by atoms with E-state index in [0.29, 0.717) is 48.7 Å². The molecular weight excluding hydrogens is 502 g/mol. The standard InChI is InChI=1S/C28H35N5O6/c1-17-5-6-18(25(34)29-19-7-8-19)15-22(17)30-26(35)21-16-20(9-10-23(21)33(38)39)31-11-13-32(14-12-31)24(27(36)37)28(2,3)4/h5-6,9-10,15-16,19,24H,7-8,11-14H2,1-4H3,(H,29,34)(H,30,35)(H,36,37). The van der Waals surface area contributed by atoms with Crippen LogP contribution in [0.1, 0.15) is 59.9 Å². The SMILES string of the molecule is Cc1ccc(C(=O)NC2CC2)cc1NC(=O)c1cc(N2CCN(C(C(=O)O)C(C)(C)C)CC2)ccc1[N+](=O)[O-]. The van der Waals surface area contributed by atoms with Gasteiger partial charge in [0.15, 0.2) is 0 Å². The Kier molecular flexibility index (Phi) is 7.91. The fourth-order valence-electron chi connectivity index (χ4n) is 4.96. The minimum Gasteiger partial charge on any atom is -0.480 e. The summed E-state index contributed by atoms with van der Waals surface area (Å²) in [5.74, 6) is -1.74. The number of aliphatic carboxylic acids is 1. The number of nitrogens with zero attached hydrogens (tertiary/aromatic N) is 3. The Balaban J connectivity index is 1.53. The van der Waals surface area contributed by atoms with Crippen LogP contribution in [0.15, 0.2) is 36.4 Å². The van der Waals surface area contributed by atoms with Crippen molar-refractivity contribution in [2.24, 2.45) is 5.41 Å². The third kappa shape index (κ3) is 6.54. The normalized spacial score (nSPS) is 16.9. The molecule has 2 aromatic carbocycles. The highest BCUT2D eigenvalue weighted by Crippen LogP contribution is 2.30. The first kappa shape index (κ1) is 28.0. The average Bonchev–Trinajstić information content (AvgIpc) is 3.68. The highest BCUT2D eigenvalue weighted by atomic mass is 16.6. The number of carboxylic acid groups (broad SMARTS) is 1. The Labute approximate surface area is 227 Å². The first-order chi connectivity index (χ1) is 18.3. The molecule has 1 saturated carbocycles. The molecule has 0 aromatic heterocycles. The molecule has 1 heterocycles. The van der Waals surface area contributed by atoms with Gasteiger partial charge in [-0.05, 0) is 55.0 Å². The van der Waals surface area contributed by atoms with E-state index in [2.05, 4.69) is 10.6 Å². The van der Waals surface area contributed by atoms with E-state index in [-0.39, 0.29) is 23.2 Å². The molecule has 11 heteroatoms. The predicted octanol–water partition coefficient (Wildman–Crippen LogP) is 3.67. The van der Waals surface area contributed by atoms with Crippen LogP contribution in [0.4, 0.5) is 17.1 Å². The number of hydrogen-bond donors (Lipinski definition) is 3. The maximum absolute atomic E-state index is 13.3. The zero-order chi connectivity index (χ0) is 28.5. The largest absolute Gasteiger partial charge is 0.480 e. The van der Waals surface area contributed by atoms with E-state index in [0.717, 1.165) is 12.8 Å². The molecular formula is C28H35N5O6. The van der Waals surface area contributed by atoms with Crippen molar-refractivity contribution in [3.63, 3.8) is 0 Å². The molecule has 11 nitrogen and oxygen atoms in total. The van der Waals surface area contributed by atoms with Gasteiger partial charge in [-0.25, -0.2) is 0 Å². The van der Waals surface area contributed by atoms with Crippen LogP contribution in [0.25, 0.3) is 0 Å². The second-order valence-corrected chi connectivity index (χ2v) is 11.3. The van der Waals surface area contributed by atoms with Gasteiger partial charge in [0.1, 0.15) is 11.6 Å². The van der Waals surface area contributed by atoms with Crippen LogP contribution in [0.5, 0.6) is 0 Å². The van der Waals surface area contributed by atoms with Gasteiger partial charge in [0.25, 0.3) is 17.5 Å². The van der Waals surface area contributed by atoms with E-state index in [1.165, 1.54) is 12.1 Å². The van der Waals surface area contributed by atoms with E-state index in [1.807, 2.05) is 30.6 Å². The van der Waals surface area contributed by atoms with Gasteiger partial charge >= 0.3 is 5.97 Å². The lowest BCUT2D eigenvalue weighted by atomic mass is 9.85. The summed E-state index contributed by atoms with van der Waals surface area (Å²) in [6, 6.07) is 8.96. The van der Waals surface area contributed by atoms with Gasteiger partial charge in [-0.1, -0.05) is 26.8 Å². The summed E-state index contributed by atoms with van der Waals surface area (Å²) < 4.78 is 0. The van der Waals surface area contributed by atoms with Crippen molar-refractivity contribution in [3.05, 3.63) is 63.2 Å². The summed E-state index contributed by atoms with van der Waals surface area (Å²) in [6.45, 7) is 9.50. The van der Waals surface area contributed by atoms with E-state index in [9.17, 15) is 29.6 Å². The van der Waals surface area contributed by atoms with Gasteiger partial charge < -0.3 is 20.6 Å². The smallest absolute Gasteiger partial charge is 0.321 e. The highest BCUT2D eigenvalue weighted by Gasteiger charge is 2.38. The first-order valence-corrected chi connectivity index (χ1v) is 13.1. The zero-order valence-corrected chi connectivity index (χ0v) is 22.7. The number of carbonyl (C=O) groups is 3. The topological polar surface area (TPSA) is 145 Å². The molecule has 1 aliphatic carbocycles. The third-order valence-corrected chi connectivity index (χ3v) is 7.18. The van der Waals surface area contributed by atoms with Gasteiger partial charge in [0.05, 0.1) is 4.92 Å². The highest BCUT2D eigenvalue weighted by molar-refractivity contribution is 6.08. The summed E-state index contributed by atoms with van der Waals surface area (Å²) in [7, 11) is 0. The summed E-state index contributed by atoms with van der Waals surface area (Å²) in [5.41, 5.74) is 1.30. The lowest BCUT2D eigenvalue weighted by molar-refractivity contribution is -0.385. The number of hydrogen-bond acceptors (Lipinski definition) is 7. The number of nitrogens with one attached hydrogen (secondary N) is 2. The molecule has 0 radical (unpaired) electrons. The van der Waals surface area contributed by atoms with E-state index >= 15 is 0 Å². The van der Waals surface area contributed by atoms with Crippen LogP contribution in [0.3, 0.4) is 0 Å². The molecule has 1 aliphatic heterocycles. The molecule has 3 N–H and O–H groups in total. The van der Waals surface area contributed by atoms with Gasteiger partial charge in [-0.3, -0.25) is 29.4 Å². The number of benzene rings is 2. The first-order valence-electron chi connectivity index (χ1n) is 13.1. The minimum atomic E-state index is -0.866. The number of rotatable bonds is 8. The summed E-state index contributed by atoms with van der Waals surface area (Å²) in [6.07, 6.45) is 1.90. The molecule has 2 fully saturated rings. The van der Waals surface area contributed by atoms with Crippen molar-refractivity contribution in [2.45, 2.75) is 52.6 Å². The van der Waals surface area contributed by atoms with Crippen LogP contribution in [0, 0.1) is 22.5 Å². The molecule has 208 valence electrons. The maximum atomic E-state index is 13.3. The number of piperazine rings is 1. The fraction of sp³-hybridized carbons (Fsp3) is 0.464. The molecule has 39 heavy (non-hydrogen) atoms. The number of amides is 2. The second-order valence-electron chi connectivity index (χ2n) is 11.3. The van der Waals surface area contributed by atoms with E-state index in [1.54, 1.807) is 31.2 Å². The monoisotopic (exact) mass is 537 g/mol. The van der Waals surface area contributed by atoms with E-state index < -0.39 is 28.3 Å². The summed E-state index contributed by atoms with van der Waals surface area (Å²) >= 11 is 0. The summed E-state index contributed by atoms with van der Waals surface area (Å²) in [4.78, 5) is 52.8. The predicted molar refractivity (Wildman–Crippen MR) is 147 cm³/mol. The van der Waals surface area contributed by atoms with Gasteiger partial charge in [-0.15, -0.1) is 0 Å². The Morgan fingerprint density at radius 2 is 1.69 bits per heavy atom. The molecule has 2 amide bonds. The molecule has 1 unspecified atom stereocenters. The quantitative estimate of drug-likeness (QED) is 0.342. The molecule has 1 saturated heterocycles. The van der Waals surface area contributed by atoms with Crippen LogP contribution in [-0.4, -0.2) is 71.0 Å². The second kappa shape index (κ2) is 11.0. The molecule has 4 rings (SSSR count). The number of nitro groups is 1. The van der Waals surface area contributed by atoms with Crippen LogP contribution < -0.4 is 15.5 Å². The minimum absolute atomic E-state index is 0.0923. The van der Waals surface area contributed by atoms with Crippen LogP contribution in [0.2, 0.25) is 0 Å². The Morgan fingerprint density at radius 1 is 1.03 bits per heavy atom. The number of nitro benzene ring substituents is 1. The van der Waals surface area contributed by atoms with Crippen LogP contribution in [-0.2, 0) is 4.79 Å². The average molecular weight is 538 g/mol. The van der Waals surface area contributed by atoms with Crippen LogP contribution >= 0.6 is 0 Å². The fourth-order valence-corrected chi connectivity index (χ4v) is 4.96. The number of carboxylic acids is 1. The van der Waals surface area contributed by atoms with Crippen molar-refractivity contribution in [1.29, 1.82) is 0 Å². The lowest BCUT2D eigenvalue weighted by Gasteiger charge is -2.43. The molecule has 2 aromatic rings. The van der Waals surface area contributed by atoms with Crippen molar-refractivity contribution in [3.8, 4) is 0 Å². The molecule has 0 spiro atoms. The van der Waals surface area contributed by atoms with Crippen molar-refractivity contribution < 1.29 is 24.4 Å². The lowest BCUT2D eigenvalue weighted by Crippen LogP contribution is -2.56. The van der Waals surface area contributed by atoms with Crippen molar-refractivity contribution in [2.75, 3.05) is 36.4 Å². The number of carbonyl (C=O) groups excluding carboxylic acids is 2. The Bertz CT molecular complexity index is 1290. The zero-order valence-electron chi connectivity index (χ0n) is 22.7. The molecule has 0 bridgehead atoms. The Morgan fingerprint density at radius 3 is 2.26 bits per heavy atom. The molecule has 1 atom stereocenters. The van der Waals surface area contributed by atoms with Crippen molar-refractivity contribution in [1.82, 2.24) is 10.2 Å². The van der Waals surface area contributed by atoms with Gasteiger partial charge in [0, 0.05) is 55.2 Å². The number of anilines is 2. The van der Waals surface area contributed by atoms with E-state index in [4.69, 9.17) is 0 Å².